The Kier molecular flexibility index (Phi) is 1.21. The Balaban J connectivity index is 2.26. The van der Waals surface area contributed by atoms with Crippen LogP contribution in [0.15, 0.2) is 0 Å². The van der Waals surface area contributed by atoms with E-state index in [0.717, 1.165) is 0 Å². The molecular weight excluding hydrogens is 146 g/mol. The van der Waals surface area contributed by atoms with E-state index in [2.05, 4.69) is 0 Å². The van der Waals surface area contributed by atoms with Crippen LogP contribution in [0, 0.1) is 5.41 Å². The van der Waals surface area contributed by atoms with E-state index in [1.165, 1.54) is 0 Å². The molecule has 3 aliphatic carbocycles. The summed E-state index contributed by atoms with van der Waals surface area (Å²) in [5.41, 5.74) is 3.98. The van der Waals surface area contributed by atoms with Gasteiger partial charge in [0, 0.05) is 11.5 Å². The predicted molar refractivity (Wildman–Crippen MR) is 37.7 cm³/mol. The minimum atomic E-state index is -1.11. The quantitative estimate of drug-likeness (QED) is 0.363. The van der Waals surface area contributed by atoms with E-state index in [-0.39, 0.29) is 12.6 Å². The van der Waals surface area contributed by atoms with Crippen molar-refractivity contribution in [3.05, 3.63) is 0 Å². The fourth-order valence-corrected chi connectivity index (χ4v) is 2.50. The third kappa shape index (κ3) is 0.597. The second-order valence-electron chi connectivity index (χ2n) is 3.90. The molecule has 0 aromatic carbocycles. The Morgan fingerprint density at radius 3 is 2.36 bits per heavy atom. The molecule has 0 aromatic heterocycles. The van der Waals surface area contributed by atoms with Crippen molar-refractivity contribution in [3.63, 3.8) is 0 Å². The molecule has 3 fully saturated rings. The summed E-state index contributed by atoms with van der Waals surface area (Å²) in [6.07, 6.45) is 0.148. The summed E-state index contributed by atoms with van der Waals surface area (Å²) < 4.78 is 0. The van der Waals surface area contributed by atoms with Gasteiger partial charge in [-0.25, -0.2) is 0 Å². The van der Waals surface area contributed by atoms with E-state index in [4.69, 9.17) is 10.8 Å². The molecule has 3 saturated carbocycles. The van der Waals surface area contributed by atoms with Crippen LogP contribution in [0.3, 0.4) is 0 Å². The Morgan fingerprint density at radius 1 is 1.55 bits per heavy atom. The molecule has 4 atom stereocenters. The van der Waals surface area contributed by atoms with Gasteiger partial charge in [0.05, 0.1) is 12.7 Å². The van der Waals surface area contributed by atoms with Crippen molar-refractivity contribution in [3.8, 4) is 0 Å². The summed E-state index contributed by atoms with van der Waals surface area (Å²) in [5.74, 6) is 0. The molecule has 0 amide bonds. The first kappa shape index (κ1) is 7.49. The van der Waals surface area contributed by atoms with Crippen molar-refractivity contribution >= 4 is 0 Å². The highest BCUT2D eigenvalue weighted by atomic mass is 16.4. The Morgan fingerprint density at radius 2 is 2.18 bits per heavy atom. The lowest BCUT2D eigenvalue weighted by Gasteiger charge is -2.48. The van der Waals surface area contributed by atoms with Crippen LogP contribution >= 0.6 is 0 Å². The minimum absolute atomic E-state index is 0.0792. The predicted octanol–water partition coefficient (Wildman–Crippen LogP) is -1.81. The molecule has 4 heteroatoms. The van der Waals surface area contributed by atoms with Crippen LogP contribution in [0.25, 0.3) is 0 Å². The first-order chi connectivity index (χ1) is 5.05. The lowest BCUT2D eigenvalue weighted by atomic mass is 9.64. The first-order valence-corrected chi connectivity index (χ1v) is 3.82. The van der Waals surface area contributed by atoms with E-state index in [1.807, 2.05) is 0 Å². The molecule has 0 heterocycles. The second-order valence-corrected chi connectivity index (χ2v) is 3.90. The maximum Gasteiger partial charge on any atom is 0.107 e. The minimum Gasteiger partial charge on any atom is -0.396 e. The zero-order chi connectivity index (χ0) is 8.28. The van der Waals surface area contributed by atoms with Crippen molar-refractivity contribution in [1.82, 2.24) is 0 Å². The summed E-state index contributed by atoms with van der Waals surface area (Å²) in [6, 6.07) is -0.371. The molecular formula is C7H13NO3. The molecule has 0 aromatic rings. The zero-order valence-corrected chi connectivity index (χ0v) is 6.20. The lowest BCUT2D eigenvalue weighted by Crippen LogP contribution is -2.63. The highest BCUT2D eigenvalue weighted by Gasteiger charge is 2.71. The third-order valence-corrected chi connectivity index (χ3v) is 3.27. The number of aliphatic hydroxyl groups excluding tert-OH is 2. The van der Waals surface area contributed by atoms with Gasteiger partial charge in [-0.15, -0.1) is 0 Å². The Hall–Kier alpha value is -0.160. The van der Waals surface area contributed by atoms with Gasteiger partial charge in [0.25, 0.3) is 0 Å². The molecule has 5 N–H and O–H groups in total. The van der Waals surface area contributed by atoms with Crippen LogP contribution in [-0.4, -0.2) is 39.7 Å². The zero-order valence-electron chi connectivity index (χ0n) is 6.20. The molecule has 0 radical (unpaired) electrons. The van der Waals surface area contributed by atoms with Gasteiger partial charge in [-0.05, 0) is 12.8 Å². The summed E-state index contributed by atoms with van der Waals surface area (Å²) in [7, 11) is 0. The SMILES string of the molecule is N[C@@H]1C[C@]2(CO)C[C@@]1(O)[C@@H]2O. The molecule has 3 aliphatic rings. The number of nitrogens with two attached hydrogens (primary N) is 1. The van der Waals surface area contributed by atoms with Crippen LogP contribution in [-0.2, 0) is 0 Å². The summed E-state index contributed by atoms with van der Waals surface area (Å²) in [5, 5.41) is 28.0. The molecule has 0 aliphatic heterocycles. The average Bonchev–Trinajstić information content (AvgIpc) is 2.35. The Labute approximate surface area is 64.6 Å². The molecule has 0 saturated heterocycles. The normalized spacial score (nSPS) is 61.1. The van der Waals surface area contributed by atoms with Crippen molar-refractivity contribution in [1.29, 1.82) is 0 Å². The third-order valence-electron chi connectivity index (χ3n) is 3.27. The number of hydrogen-bond acceptors (Lipinski definition) is 4. The fourth-order valence-electron chi connectivity index (χ4n) is 2.50. The maximum atomic E-state index is 9.61. The van der Waals surface area contributed by atoms with Gasteiger partial charge in [-0.3, -0.25) is 0 Å². The summed E-state index contributed by atoms with van der Waals surface area (Å²) in [4.78, 5) is 0. The van der Waals surface area contributed by atoms with E-state index >= 15 is 0 Å². The van der Waals surface area contributed by atoms with Crippen molar-refractivity contribution in [2.24, 2.45) is 11.1 Å². The average molecular weight is 159 g/mol. The fraction of sp³-hybridized carbons (Fsp3) is 1.00. The molecule has 3 rings (SSSR count). The molecule has 11 heavy (non-hydrogen) atoms. The van der Waals surface area contributed by atoms with Gasteiger partial charge in [-0.2, -0.15) is 0 Å². The van der Waals surface area contributed by atoms with E-state index in [9.17, 15) is 10.2 Å². The van der Waals surface area contributed by atoms with Crippen LogP contribution in [0.2, 0.25) is 0 Å². The highest BCUT2D eigenvalue weighted by molar-refractivity contribution is 5.24. The summed E-state index contributed by atoms with van der Waals surface area (Å²) in [6.45, 7) is -0.0792. The maximum absolute atomic E-state index is 9.61. The standard InChI is InChI=1S/C7H13NO3/c8-4-1-6(3-9)2-7(4,11)5(6)10/h4-5,9-11H,1-3,8H2/t4-,5-,6-,7+/m1/s1. The number of hydrogen-bond donors (Lipinski definition) is 4. The van der Waals surface area contributed by atoms with Crippen LogP contribution < -0.4 is 5.73 Å². The van der Waals surface area contributed by atoms with Gasteiger partial charge < -0.3 is 21.1 Å². The second kappa shape index (κ2) is 1.77. The smallest absolute Gasteiger partial charge is 0.107 e. The van der Waals surface area contributed by atoms with E-state index < -0.39 is 17.1 Å². The molecule has 2 bridgehead atoms. The number of rotatable bonds is 1. The van der Waals surface area contributed by atoms with Gasteiger partial charge in [-0.1, -0.05) is 0 Å². The van der Waals surface area contributed by atoms with Crippen LogP contribution in [0.4, 0.5) is 0 Å². The van der Waals surface area contributed by atoms with E-state index in [0.29, 0.717) is 12.8 Å². The number of fused-ring (bicyclic) bond motifs is 1. The van der Waals surface area contributed by atoms with Crippen molar-refractivity contribution < 1.29 is 15.3 Å². The van der Waals surface area contributed by atoms with Gasteiger partial charge in [0.1, 0.15) is 5.60 Å². The first-order valence-electron chi connectivity index (χ1n) is 3.82. The molecule has 64 valence electrons. The molecule has 0 spiro atoms. The van der Waals surface area contributed by atoms with Crippen molar-refractivity contribution in [2.45, 2.75) is 30.6 Å². The lowest BCUT2D eigenvalue weighted by molar-refractivity contribution is -0.201. The molecule has 0 unspecified atom stereocenters. The number of aliphatic hydroxyl groups is 3. The van der Waals surface area contributed by atoms with Gasteiger partial charge in [0.2, 0.25) is 0 Å². The molecule has 4 nitrogen and oxygen atoms in total. The summed E-state index contributed by atoms with van der Waals surface area (Å²) >= 11 is 0. The topological polar surface area (TPSA) is 86.7 Å². The van der Waals surface area contributed by atoms with Crippen LogP contribution in [0.5, 0.6) is 0 Å². The van der Waals surface area contributed by atoms with Crippen molar-refractivity contribution in [2.75, 3.05) is 6.61 Å². The van der Waals surface area contributed by atoms with Gasteiger partial charge >= 0.3 is 0 Å². The Bertz CT molecular complexity index is 194. The van der Waals surface area contributed by atoms with Gasteiger partial charge in [0.15, 0.2) is 0 Å². The largest absolute Gasteiger partial charge is 0.396 e. The monoisotopic (exact) mass is 159 g/mol. The highest BCUT2D eigenvalue weighted by Crippen LogP contribution is 2.60. The van der Waals surface area contributed by atoms with E-state index in [1.54, 1.807) is 0 Å². The van der Waals surface area contributed by atoms with Crippen LogP contribution in [0.1, 0.15) is 12.8 Å².